The Kier molecular flexibility index (Phi) is 13.4. The molecule has 116 valence electrons. The van der Waals surface area contributed by atoms with Gasteiger partial charge in [0.15, 0.2) is 0 Å². The van der Waals surface area contributed by atoms with Crippen molar-refractivity contribution in [1.82, 2.24) is 5.32 Å². The molecular formula is C14H23I3N2O. The smallest absolute Gasteiger partial charge is 0.119 e. The zero-order valence-electron chi connectivity index (χ0n) is 11.6. The monoisotopic (exact) mass is 616 g/mol. The Balaban J connectivity index is 0.000000438. The molecule has 2 saturated carbocycles. The molecule has 0 bridgehead atoms. The molecular weight excluding hydrogens is 593 g/mol. The molecule has 6 heteroatoms. The lowest BCUT2D eigenvalue weighted by Crippen LogP contribution is -2.15. The quantitative estimate of drug-likeness (QED) is 0.493. The van der Waals surface area contributed by atoms with Gasteiger partial charge in [-0.1, -0.05) is 12.1 Å². The molecule has 1 aromatic rings. The molecule has 0 aromatic heterocycles. The van der Waals surface area contributed by atoms with Crippen LogP contribution in [0.25, 0.3) is 0 Å². The van der Waals surface area contributed by atoms with E-state index >= 15 is 0 Å². The number of rotatable bonds is 4. The summed E-state index contributed by atoms with van der Waals surface area (Å²) in [6.45, 7) is 0.960. The van der Waals surface area contributed by atoms with E-state index in [2.05, 4.69) is 54.7 Å². The van der Waals surface area contributed by atoms with Gasteiger partial charge in [0, 0.05) is 55.9 Å². The number of hydrogen-bond donors (Lipinski definition) is 2. The summed E-state index contributed by atoms with van der Waals surface area (Å²) in [7, 11) is 1.70. The van der Waals surface area contributed by atoms with Crippen molar-refractivity contribution in [1.29, 1.82) is 0 Å². The first-order valence-electron chi connectivity index (χ1n) is 6.54. The molecule has 0 unspecified atom stereocenters. The van der Waals surface area contributed by atoms with E-state index in [9.17, 15) is 0 Å². The number of hydrogen-bond acceptors (Lipinski definition) is 3. The Morgan fingerprint density at radius 1 is 1.25 bits per heavy atom. The van der Waals surface area contributed by atoms with E-state index in [0.29, 0.717) is 6.04 Å². The lowest BCUT2D eigenvalue weighted by molar-refractivity contribution is 0.414. The van der Waals surface area contributed by atoms with Gasteiger partial charge in [-0.2, -0.15) is 0 Å². The highest BCUT2D eigenvalue weighted by molar-refractivity contribution is 15.0. The van der Waals surface area contributed by atoms with E-state index in [4.69, 9.17) is 10.5 Å². The topological polar surface area (TPSA) is 47.3 Å². The SMILES string of the molecule is COc1cccc(CNC2CC2)c1.I.II.NC1CC1. The number of benzene rings is 1. The number of nitrogens with one attached hydrogen (secondary N) is 1. The van der Waals surface area contributed by atoms with Gasteiger partial charge >= 0.3 is 0 Å². The summed E-state index contributed by atoms with van der Waals surface area (Å²) in [4.78, 5) is 0. The fraction of sp³-hybridized carbons (Fsp3) is 0.571. The van der Waals surface area contributed by atoms with Crippen molar-refractivity contribution in [3.63, 3.8) is 0 Å². The molecule has 0 atom stereocenters. The van der Waals surface area contributed by atoms with Gasteiger partial charge in [-0.15, -0.1) is 24.0 Å². The van der Waals surface area contributed by atoms with E-state index in [1.807, 2.05) is 12.1 Å². The van der Waals surface area contributed by atoms with Crippen LogP contribution in [0, 0.1) is 0 Å². The van der Waals surface area contributed by atoms with Crippen LogP contribution in [-0.4, -0.2) is 19.2 Å². The van der Waals surface area contributed by atoms with Crippen LogP contribution in [-0.2, 0) is 6.54 Å². The average molecular weight is 616 g/mol. The number of ether oxygens (including phenoxy) is 1. The third-order valence-corrected chi connectivity index (χ3v) is 2.93. The summed E-state index contributed by atoms with van der Waals surface area (Å²) in [5.41, 5.74) is 6.52. The third kappa shape index (κ3) is 10.8. The fourth-order valence-corrected chi connectivity index (χ4v) is 1.43. The van der Waals surface area contributed by atoms with Gasteiger partial charge in [-0.3, -0.25) is 0 Å². The molecule has 3 nitrogen and oxygen atoms in total. The highest BCUT2D eigenvalue weighted by atomic mass is 128. The lowest BCUT2D eigenvalue weighted by Gasteiger charge is -2.04. The van der Waals surface area contributed by atoms with Crippen molar-refractivity contribution in [3.05, 3.63) is 29.8 Å². The second-order valence-electron chi connectivity index (χ2n) is 4.84. The zero-order valence-corrected chi connectivity index (χ0v) is 18.3. The van der Waals surface area contributed by atoms with Gasteiger partial charge in [0.25, 0.3) is 0 Å². The molecule has 0 saturated heterocycles. The minimum absolute atomic E-state index is 0. The standard InChI is InChI=1S/C11H15NO.C3H7N.I2.HI/c1-13-11-4-2-3-9(7-11)8-12-10-5-6-10;4-3-1-2-3;1-2;/h2-4,7,10,12H,5-6,8H2,1H3;3H,1-2,4H2;;1H. The Hall–Kier alpha value is 1.13. The molecule has 3 N–H and O–H groups in total. The molecule has 1 aromatic carbocycles. The van der Waals surface area contributed by atoms with Crippen molar-refractivity contribution in [3.8, 4) is 5.75 Å². The fourth-order valence-electron chi connectivity index (χ4n) is 1.43. The van der Waals surface area contributed by atoms with Crippen molar-refractivity contribution in [2.75, 3.05) is 7.11 Å². The molecule has 0 radical (unpaired) electrons. The van der Waals surface area contributed by atoms with Crippen LogP contribution in [0.3, 0.4) is 0 Å². The van der Waals surface area contributed by atoms with E-state index < -0.39 is 0 Å². The first-order chi connectivity index (χ1) is 9.28. The van der Waals surface area contributed by atoms with E-state index in [-0.39, 0.29) is 24.0 Å². The summed E-state index contributed by atoms with van der Waals surface area (Å²) in [6, 6.07) is 9.56. The van der Waals surface area contributed by atoms with Crippen molar-refractivity contribution < 1.29 is 4.74 Å². The second kappa shape index (κ2) is 12.7. The van der Waals surface area contributed by atoms with Crippen molar-refractivity contribution in [2.24, 2.45) is 5.73 Å². The van der Waals surface area contributed by atoms with Gasteiger partial charge < -0.3 is 15.8 Å². The van der Waals surface area contributed by atoms with Crippen LogP contribution in [0.5, 0.6) is 5.75 Å². The Morgan fingerprint density at radius 2 is 1.85 bits per heavy atom. The maximum atomic E-state index is 5.22. The number of nitrogens with two attached hydrogens (primary N) is 1. The largest absolute Gasteiger partial charge is 0.497 e. The van der Waals surface area contributed by atoms with Crippen LogP contribution < -0.4 is 15.8 Å². The van der Waals surface area contributed by atoms with E-state index in [0.717, 1.165) is 18.3 Å². The average Bonchev–Trinajstić information content (AvgIpc) is 3.37. The van der Waals surface area contributed by atoms with Gasteiger partial charge in [-0.25, -0.2) is 0 Å². The summed E-state index contributed by atoms with van der Waals surface area (Å²) in [5.74, 6) is 0.940. The Morgan fingerprint density at radius 3 is 2.30 bits per heavy atom. The summed E-state index contributed by atoms with van der Waals surface area (Å²) in [5, 5.41) is 3.47. The molecule has 3 rings (SSSR count). The number of halogens is 3. The first-order valence-corrected chi connectivity index (χ1v) is 12.8. The normalized spacial score (nSPS) is 15.8. The van der Waals surface area contributed by atoms with Crippen LogP contribution >= 0.6 is 61.2 Å². The van der Waals surface area contributed by atoms with Gasteiger partial charge in [0.1, 0.15) is 5.75 Å². The van der Waals surface area contributed by atoms with Crippen LogP contribution in [0.1, 0.15) is 31.2 Å². The van der Waals surface area contributed by atoms with Crippen LogP contribution in [0.2, 0.25) is 0 Å². The second-order valence-corrected chi connectivity index (χ2v) is 4.84. The zero-order chi connectivity index (χ0) is 14.1. The van der Waals surface area contributed by atoms with Gasteiger partial charge in [-0.05, 0) is 43.4 Å². The van der Waals surface area contributed by atoms with Crippen molar-refractivity contribution >= 4 is 61.2 Å². The summed E-state index contributed by atoms with van der Waals surface area (Å²) >= 11 is 4.24. The Bertz CT molecular complexity index is 358. The Labute approximate surface area is 162 Å². The molecule has 0 spiro atoms. The number of methoxy groups -OCH3 is 1. The minimum atomic E-state index is 0. The van der Waals surface area contributed by atoms with Crippen LogP contribution in [0.15, 0.2) is 24.3 Å². The summed E-state index contributed by atoms with van der Waals surface area (Å²) < 4.78 is 5.15. The molecule has 2 fully saturated rings. The maximum absolute atomic E-state index is 5.22. The molecule has 2 aliphatic carbocycles. The molecule has 0 aliphatic heterocycles. The predicted octanol–water partition coefficient (Wildman–Crippen LogP) is 4.44. The molecule has 0 heterocycles. The maximum Gasteiger partial charge on any atom is 0.119 e. The van der Waals surface area contributed by atoms with Gasteiger partial charge in [0.05, 0.1) is 7.11 Å². The summed E-state index contributed by atoms with van der Waals surface area (Å²) in [6.07, 6.45) is 5.20. The lowest BCUT2D eigenvalue weighted by atomic mass is 10.2. The predicted molar refractivity (Wildman–Crippen MR) is 114 cm³/mol. The minimum Gasteiger partial charge on any atom is -0.497 e. The van der Waals surface area contributed by atoms with Gasteiger partial charge in [0.2, 0.25) is 0 Å². The first kappa shape index (κ1) is 21.1. The third-order valence-electron chi connectivity index (χ3n) is 2.93. The van der Waals surface area contributed by atoms with Crippen LogP contribution in [0.4, 0.5) is 0 Å². The highest BCUT2D eigenvalue weighted by Crippen LogP contribution is 2.20. The highest BCUT2D eigenvalue weighted by Gasteiger charge is 2.19. The van der Waals surface area contributed by atoms with E-state index in [1.165, 1.54) is 31.2 Å². The molecule has 20 heavy (non-hydrogen) atoms. The van der Waals surface area contributed by atoms with Crippen molar-refractivity contribution in [2.45, 2.75) is 44.3 Å². The van der Waals surface area contributed by atoms with E-state index in [1.54, 1.807) is 7.11 Å². The molecule has 0 amide bonds. The molecule has 2 aliphatic rings.